The molecule has 0 fully saturated rings. The van der Waals surface area contributed by atoms with Crippen molar-refractivity contribution in [2.75, 3.05) is 13.2 Å². The summed E-state index contributed by atoms with van der Waals surface area (Å²) in [6.45, 7) is -0.894. The summed E-state index contributed by atoms with van der Waals surface area (Å²) < 4.78 is 39.4. The highest BCUT2D eigenvalue weighted by Gasteiger charge is 2.31. The summed E-state index contributed by atoms with van der Waals surface area (Å²) in [5.41, 5.74) is 0.0847. The van der Waals surface area contributed by atoms with E-state index in [9.17, 15) is 18.0 Å². The molecule has 0 aliphatic rings. The lowest BCUT2D eigenvalue weighted by molar-refractivity contribution is -0.274. The summed E-state index contributed by atoms with van der Waals surface area (Å²) in [6, 6.07) is 3.45. The van der Waals surface area contributed by atoms with E-state index in [-0.39, 0.29) is 5.56 Å². The van der Waals surface area contributed by atoms with Gasteiger partial charge in [-0.25, -0.2) is 0 Å². The highest BCUT2D eigenvalue weighted by atomic mass is 19.4. The number of benzene rings is 1. The third kappa shape index (κ3) is 5.14. The molecule has 19 heavy (non-hydrogen) atoms. The summed E-state index contributed by atoms with van der Waals surface area (Å²) in [4.78, 5) is 11.6. The van der Waals surface area contributed by atoms with Gasteiger partial charge in [-0.15, -0.1) is 13.2 Å². The van der Waals surface area contributed by atoms with Crippen LogP contribution in [0.3, 0.4) is 0 Å². The summed E-state index contributed by atoms with van der Waals surface area (Å²) in [6.07, 6.45) is -4.79. The van der Waals surface area contributed by atoms with Crippen LogP contribution >= 0.6 is 0 Å². The van der Waals surface area contributed by atoms with Gasteiger partial charge in [0.15, 0.2) is 0 Å². The Morgan fingerprint density at radius 3 is 2.16 bits per heavy atom. The van der Waals surface area contributed by atoms with Gasteiger partial charge in [0, 0.05) is 5.56 Å². The zero-order valence-electron chi connectivity index (χ0n) is 9.65. The van der Waals surface area contributed by atoms with E-state index in [2.05, 4.69) is 10.1 Å². The van der Waals surface area contributed by atoms with Crippen LogP contribution in [0.4, 0.5) is 13.2 Å². The Morgan fingerprint density at radius 2 is 1.74 bits per heavy atom. The Hall–Kier alpha value is -1.80. The Labute approximate surface area is 106 Å². The van der Waals surface area contributed by atoms with Crippen LogP contribution in [0.2, 0.25) is 0 Å². The lowest BCUT2D eigenvalue weighted by Crippen LogP contribution is -2.40. The molecule has 0 aliphatic heterocycles. The van der Waals surface area contributed by atoms with Gasteiger partial charge in [-0.05, 0) is 24.3 Å². The van der Waals surface area contributed by atoms with E-state index in [1.165, 1.54) is 0 Å². The van der Waals surface area contributed by atoms with Crippen molar-refractivity contribution in [2.45, 2.75) is 12.4 Å². The highest BCUT2D eigenvalue weighted by Crippen LogP contribution is 2.22. The van der Waals surface area contributed by atoms with E-state index in [0.29, 0.717) is 0 Å². The van der Waals surface area contributed by atoms with Gasteiger partial charge in [0.25, 0.3) is 5.91 Å². The molecule has 1 aromatic carbocycles. The van der Waals surface area contributed by atoms with Crippen LogP contribution in [0.15, 0.2) is 24.3 Å². The first-order valence-corrected chi connectivity index (χ1v) is 5.24. The third-order valence-electron chi connectivity index (χ3n) is 2.13. The molecule has 0 unspecified atom stereocenters. The number of hydrogen-bond donors (Lipinski definition) is 3. The van der Waals surface area contributed by atoms with Crippen LogP contribution in [-0.4, -0.2) is 41.7 Å². The predicted molar refractivity (Wildman–Crippen MR) is 58.6 cm³/mol. The number of hydrogen-bond acceptors (Lipinski definition) is 4. The van der Waals surface area contributed by atoms with E-state index < -0.39 is 37.3 Å². The zero-order valence-corrected chi connectivity index (χ0v) is 9.65. The van der Waals surface area contributed by atoms with Gasteiger partial charge < -0.3 is 20.3 Å². The fraction of sp³-hybridized carbons (Fsp3) is 0.364. The van der Waals surface area contributed by atoms with Gasteiger partial charge in [-0.1, -0.05) is 0 Å². The van der Waals surface area contributed by atoms with Crippen LogP contribution < -0.4 is 10.1 Å². The van der Waals surface area contributed by atoms with Crippen LogP contribution in [-0.2, 0) is 0 Å². The van der Waals surface area contributed by atoms with E-state index in [4.69, 9.17) is 10.2 Å². The molecule has 5 nitrogen and oxygen atoms in total. The number of halogens is 3. The lowest BCUT2D eigenvalue weighted by atomic mass is 10.2. The molecular weight excluding hydrogens is 267 g/mol. The second-order valence-electron chi connectivity index (χ2n) is 3.61. The van der Waals surface area contributed by atoms with Gasteiger partial charge >= 0.3 is 6.36 Å². The first kappa shape index (κ1) is 15.3. The Morgan fingerprint density at radius 1 is 1.21 bits per heavy atom. The molecule has 1 rings (SSSR count). The maximum absolute atomic E-state index is 11.9. The summed E-state index contributed by atoms with van der Waals surface area (Å²) >= 11 is 0. The molecule has 1 amide bonds. The van der Waals surface area contributed by atoms with Crippen molar-refractivity contribution in [1.29, 1.82) is 0 Å². The van der Waals surface area contributed by atoms with Gasteiger partial charge in [0.2, 0.25) is 0 Å². The number of aliphatic hydroxyl groups is 2. The molecule has 0 heterocycles. The third-order valence-corrected chi connectivity index (χ3v) is 2.13. The van der Waals surface area contributed by atoms with E-state index in [1.807, 2.05) is 0 Å². The second kappa shape index (κ2) is 6.39. The minimum absolute atomic E-state index is 0.0847. The molecule has 0 aliphatic carbocycles. The number of nitrogens with one attached hydrogen (secondary N) is 1. The number of ether oxygens (including phenoxy) is 1. The zero-order chi connectivity index (χ0) is 14.5. The number of alkyl halides is 3. The highest BCUT2D eigenvalue weighted by molar-refractivity contribution is 5.94. The number of rotatable bonds is 5. The minimum atomic E-state index is -4.79. The van der Waals surface area contributed by atoms with E-state index in [1.54, 1.807) is 0 Å². The summed E-state index contributed by atoms with van der Waals surface area (Å²) in [5.74, 6) is -1.06. The van der Waals surface area contributed by atoms with Crippen molar-refractivity contribution in [3.8, 4) is 5.75 Å². The number of aliphatic hydroxyl groups excluding tert-OH is 2. The number of carbonyl (C=O) groups excluding carboxylic acids is 1. The molecule has 0 bridgehead atoms. The molecule has 1 aromatic rings. The van der Waals surface area contributed by atoms with Crippen molar-refractivity contribution in [3.63, 3.8) is 0 Å². The maximum Gasteiger partial charge on any atom is 0.573 e. The fourth-order valence-corrected chi connectivity index (χ4v) is 1.23. The van der Waals surface area contributed by atoms with Crippen LogP contribution in [0.25, 0.3) is 0 Å². The molecule has 0 saturated heterocycles. The minimum Gasteiger partial charge on any atom is -0.406 e. The maximum atomic E-state index is 11.9. The van der Waals surface area contributed by atoms with Crippen LogP contribution in [0, 0.1) is 0 Å². The standard InChI is InChI=1S/C11H12F3NO4/c12-11(13,14)19-9-3-1-7(2-4-9)10(18)15-8(5-16)6-17/h1-4,8,16-17H,5-6H2,(H,15,18). The summed E-state index contributed by atoms with van der Waals surface area (Å²) in [5, 5.41) is 19.8. The van der Waals surface area contributed by atoms with Crippen molar-refractivity contribution in [2.24, 2.45) is 0 Å². The topological polar surface area (TPSA) is 78.8 Å². The molecule has 106 valence electrons. The van der Waals surface area contributed by atoms with Crippen molar-refractivity contribution >= 4 is 5.91 Å². The normalized spacial score (nSPS) is 11.5. The molecule has 0 saturated carbocycles. The van der Waals surface area contributed by atoms with E-state index >= 15 is 0 Å². The lowest BCUT2D eigenvalue weighted by Gasteiger charge is -2.13. The first-order chi connectivity index (χ1) is 8.85. The van der Waals surface area contributed by atoms with Crippen molar-refractivity contribution in [3.05, 3.63) is 29.8 Å². The van der Waals surface area contributed by atoms with Crippen LogP contribution in [0.1, 0.15) is 10.4 Å². The van der Waals surface area contributed by atoms with Gasteiger partial charge in [0.1, 0.15) is 5.75 Å². The first-order valence-electron chi connectivity index (χ1n) is 5.24. The van der Waals surface area contributed by atoms with Gasteiger partial charge in [-0.2, -0.15) is 0 Å². The Kier molecular flexibility index (Phi) is 5.13. The molecule has 0 radical (unpaired) electrons. The molecular formula is C11H12F3NO4. The molecule has 0 aromatic heterocycles. The predicted octanol–water partition coefficient (Wildman–Crippen LogP) is 0.668. The van der Waals surface area contributed by atoms with Gasteiger partial charge in [-0.3, -0.25) is 4.79 Å². The quantitative estimate of drug-likeness (QED) is 0.740. The largest absolute Gasteiger partial charge is 0.573 e. The van der Waals surface area contributed by atoms with E-state index in [0.717, 1.165) is 24.3 Å². The smallest absolute Gasteiger partial charge is 0.406 e. The molecule has 8 heteroatoms. The fourth-order valence-electron chi connectivity index (χ4n) is 1.23. The average Bonchev–Trinajstić information content (AvgIpc) is 2.34. The number of carbonyl (C=O) groups is 1. The Bertz CT molecular complexity index is 415. The van der Waals surface area contributed by atoms with Gasteiger partial charge in [0.05, 0.1) is 19.3 Å². The summed E-state index contributed by atoms with van der Waals surface area (Å²) in [7, 11) is 0. The SMILES string of the molecule is O=C(NC(CO)CO)c1ccc(OC(F)(F)F)cc1. The second-order valence-corrected chi connectivity index (χ2v) is 3.61. The van der Waals surface area contributed by atoms with Crippen LogP contribution in [0.5, 0.6) is 5.75 Å². The van der Waals surface area contributed by atoms with Crippen molar-refractivity contribution < 1.29 is 32.9 Å². The van der Waals surface area contributed by atoms with Crippen molar-refractivity contribution in [1.82, 2.24) is 5.32 Å². The number of amides is 1. The average molecular weight is 279 g/mol. The monoisotopic (exact) mass is 279 g/mol. The molecule has 0 atom stereocenters. The molecule has 3 N–H and O–H groups in total. The molecule has 0 spiro atoms. The Balaban J connectivity index is 2.68.